The molecular formula is C13H19N3O2S. The summed E-state index contributed by atoms with van der Waals surface area (Å²) in [7, 11) is -3.41. The standard InChI is InChI=1S/C13H19N3O2S/c1-11-9-15-7-3-4-12(15)10-16(11)19(17,18)13-5-2-6-14-8-13/h2,5-6,8,11-12H,3-4,7,9-10H2,1H3/t11-,12+/m0/s1. The Labute approximate surface area is 114 Å². The fourth-order valence-corrected chi connectivity index (χ4v) is 4.75. The monoisotopic (exact) mass is 281 g/mol. The first kappa shape index (κ1) is 13.0. The second-order valence-electron chi connectivity index (χ2n) is 5.40. The molecule has 0 aromatic carbocycles. The summed E-state index contributed by atoms with van der Waals surface area (Å²) in [5.41, 5.74) is 0. The van der Waals surface area contributed by atoms with Gasteiger partial charge in [0.25, 0.3) is 0 Å². The van der Waals surface area contributed by atoms with E-state index in [4.69, 9.17) is 0 Å². The highest BCUT2D eigenvalue weighted by atomic mass is 32.2. The molecule has 104 valence electrons. The lowest BCUT2D eigenvalue weighted by Gasteiger charge is -2.41. The smallest absolute Gasteiger partial charge is 0.244 e. The molecule has 2 aliphatic rings. The molecule has 1 aromatic rings. The van der Waals surface area contributed by atoms with Crippen molar-refractivity contribution < 1.29 is 8.42 Å². The average molecular weight is 281 g/mol. The number of nitrogens with zero attached hydrogens (tertiary/aromatic N) is 3. The first-order chi connectivity index (χ1) is 9.09. The molecule has 19 heavy (non-hydrogen) atoms. The van der Waals surface area contributed by atoms with Crippen LogP contribution >= 0.6 is 0 Å². The molecule has 2 aliphatic heterocycles. The van der Waals surface area contributed by atoms with Crippen LogP contribution in [0.25, 0.3) is 0 Å². The van der Waals surface area contributed by atoms with Crippen LogP contribution in [0, 0.1) is 0 Å². The zero-order valence-corrected chi connectivity index (χ0v) is 11.9. The van der Waals surface area contributed by atoms with Gasteiger partial charge in [-0.15, -0.1) is 0 Å². The number of aromatic nitrogens is 1. The van der Waals surface area contributed by atoms with E-state index in [0.29, 0.717) is 17.5 Å². The van der Waals surface area contributed by atoms with Gasteiger partial charge >= 0.3 is 0 Å². The van der Waals surface area contributed by atoms with E-state index in [0.717, 1.165) is 19.5 Å². The molecule has 3 heterocycles. The predicted octanol–water partition coefficient (Wildman–Crippen LogP) is 0.939. The van der Waals surface area contributed by atoms with Crippen LogP contribution in [0.15, 0.2) is 29.4 Å². The van der Waals surface area contributed by atoms with E-state index < -0.39 is 10.0 Å². The van der Waals surface area contributed by atoms with Crippen molar-refractivity contribution in [3.63, 3.8) is 0 Å². The Bertz CT molecular complexity index is 546. The molecule has 0 unspecified atom stereocenters. The molecule has 0 saturated carbocycles. The van der Waals surface area contributed by atoms with Gasteiger partial charge in [-0.3, -0.25) is 9.88 Å². The predicted molar refractivity (Wildman–Crippen MR) is 72.2 cm³/mol. The zero-order valence-electron chi connectivity index (χ0n) is 11.1. The molecule has 2 saturated heterocycles. The Kier molecular flexibility index (Phi) is 3.32. The third-order valence-electron chi connectivity index (χ3n) is 4.12. The van der Waals surface area contributed by atoms with Gasteiger partial charge in [-0.05, 0) is 38.4 Å². The van der Waals surface area contributed by atoms with Crippen molar-refractivity contribution in [2.24, 2.45) is 0 Å². The molecule has 0 radical (unpaired) electrons. The van der Waals surface area contributed by atoms with Crippen molar-refractivity contribution in [1.29, 1.82) is 0 Å². The SMILES string of the molecule is C[C@H]1CN2CCC[C@@H]2CN1S(=O)(=O)c1cccnc1. The Hall–Kier alpha value is -0.980. The second kappa shape index (κ2) is 4.85. The first-order valence-electron chi connectivity index (χ1n) is 6.75. The van der Waals surface area contributed by atoms with E-state index in [2.05, 4.69) is 9.88 Å². The fraction of sp³-hybridized carbons (Fsp3) is 0.615. The molecule has 0 bridgehead atoms. The number of pyridine rings is 1. The summed E-state index contributed by atoms with van der Waals surface area (Å²) in [4.78, 5) is 6.64. The van der Waals surface area contributed by atoms with Crippen LogP contribution in [0.4, 0.5) is 0 Å². The number of rotatable bonds is 2. The molecule has 6 heteroatoms. The molecule has 0 aliphatic carbocycles. The topological polar surface area (TPSA) is 53.5 Å². The average Bonchev–Trinajstić information content (AvgIpc) is 2.85. The van der Waals surface area contributed by atoms with Gasteiger partial charge in [0.1, 0.15) is 4.90 Å². The number of sulfonamides is 1. The summed E-state index contributed by atoms with van der Waals surface area (Å²) in [6, 6.07) is 3.71. The highest BCUT2D eigenvalue weighted by Gasteiger charge is 2.40. The van der Waals surface area contributed by atoms with Crippen molar-refractivity contribution in [1.82, 2.24) is 14.2 Å². The summed E-state index contributed by atoms with van der Waals surface area (Å²) in [5, 5.41) is 0. The zero-order chi connectivity index (χ0) is 13.5. The van der Waals surface area contributed by atoms with E-state index in [9.17, 15) is 8.42 Å². The number of hydrogen-bond donors (Lipinski definition) is 0. The van der Waals surface area contributed by atoms with Gasteiger partial charge < -0.3 is 0 Å². The minimum Gasteiger partial charge on any atom is -0.297 e. The Morgan fingerprint density at radius 3 is 2.95 bits per heavy atom. The van der Waals surface area contributed by atoms with E-state index in [1.54, 1.807) is 22.6 Å². The minimum absolute atomic E-state index is 0.0274. The highest BCUT2D eigenvalue weighted by Crippen LogP contribution is 2.28. The Morgan fingerprint density at radius 2 is 2.21 bits per heavy atom. The molecule has 2 fully saturated rings. The fourth-order valence-electron chi connectivity index (χ4n) is 3.13. The van der Waals surface area contributed by atoms with E-state index in [-0.39, 0.29) is 6.04 Å². The van der Waals surface area contributed by atoms with Gasteiger partial charge in [0.05, 0.1) is 0 Å². The largest absolute Gasteiger partial charge is 0.297 e. The third kappa shape index (κ3) is 2.28. The quantitative estimate of drug-likeness (QED) is 0.809. The van der Waals surface area contributed by atoms with Crippen LogP contribution in [0.1, 0.15) is 19.8 Å². The van der Waals surface area contributed by atoms with Gasteiger partial charge in [-0.2, -0.15) is 4.31 Å². The van der Waals surface area contributed by atoms with E-state index >= 15 is 0 Å². The van der Waals surface area contributed by atoms with Crippen molar-refractivity contribution in [3.05, 3.63) is 24.5 Å². The maximum absolute atomic E-state index is 12.7. The molecule has 0 N–H and O–H groups in total. The lowest BCUT2D eigenvalue weighted by atomic mass is 10.1. The minimum atomic E-state index is -3.41. The summed E-state index contributed by atoms with van der Waals surface area (Å²) < 4.78 is 27.0. The lowest BCUT2D eigenvalue weighted by molar-refractivity contribution is 0.117. The van der Waals surface area contributed by atoms with Gasteiger partial charge in [-0.25, -0.2) is 8.42 Å². The molecule has 0 amide bonds. The lowest BCUT2D eigenvalue weighted by Crippen LogP contribution is -2.56. The van der Waals surface area contributed by atoms with Crippen molar-refractivity contribution in [2.45, 2.75) is 36.7 Å². The van der Waals surface area contributed by atoms with Crippen LogP contribution in [-0.4, -0.2) is 54.3 Å². The molecule has 1 aromatic heterocycles. The van der Waals surface area contributed by atoms with Crippen molar-refractivity contribution >= 4 is 10.0 Å². The van der Waals surface area contributed by atoms with Crippen LogP contribution < -0.4 is 0 Å². The van der Waals surface area contributed by atoms with Gasteiger partial charge in [-0.1, -0.05) is 0 Å². The summed E-state index contributed by atoms with van der Waals surface area (Å²) in [6.07, 6.45) is 5.31. The first-order valence-corrected chi connectivity index (χ1v) is 8.19. The normalized spacial score (nSPS) is 29.3. The van der Waals surface area contributed by atoms with Crippen LogP contribution in [0.2, 0.25) is 0 Å². The number of hydrogen-bond acceptors (Lipinski definition) is 4. The molecule has 2 atom stereocenters. The highest BCUT2D eigenvalue weighted by molar-refractivity contribution is 7.89. The summed E-state index contributed by atoms with van der Waals surface area (Å²) >= 11 is 0. The number of fused-ring (bicyclic) bond motifs is 1. The summed E-state index contributed by atoms with van der Waals surface area (Å²) in [5.74, 6) is 0. The Morgan fingerprint density at radius 1 is 1.37 bits per heavy atom. The maximum atomic E-state index is 12.7. The number of piperazine rings is 1. The summed E-state index contributed by atoms with van der Waals surface area (Å²) in [6.45, 7) is 4.54. The van der Waals surface area contributed by atoms with Crippen LogP contribution in [0.3, 0.4) is 0 Å². The van der Waals surface area contributed by atoms with Gasteiger partial charge in [0.15, 0.2) is 0 Å². The van der Waals surface area contributed by atoms with E-state index in [1.807, 2.05) is 6.92 Å². The van der Waals surface area contributed by atoms with Crippen LogP contribution in [-0.2, 0) is 10.0 Å². The third-order valence-corrected chi connectivity index (χ3v) is 6.08. The van der Waals surface area contributed by atoms with Crippen molar-refractivity contribution in [2.75, 3.05) is 19.6 Å². The van der Waals surface area contributed by atoms with Crippen LogP contribution in [0.5, 0.6) is 0 Å². The molecule has 5 nitrogen and oxygen atoms in total. The van der Waals surface area contributed by atoms with Gasteiger partial charge in [0, 0.05) is 37.6 Å². The van der Waals surface area contributed by atoms with Gasteiger partial charge in [0.2, 0.25) is 10.0 Å². The van der Waals surface area contributed by atoms with Crippen molar-refractivity contribution in [3.8, 4) is 0 Å². The second-order valence-corrected chi connectivity index (χ2v) is 7.29. The molecular weight excluding hydrogens is 262 g/mol. The molecule has 0 spiro atoms. The van der Waals surface area contributed by atoms with E-state index in [1.165, 1.54) is 12.6 Å². The molecule has 3 rings (SSSR count). The Balaban J connectivity index is 1.89. The maximum Gasteiger partial charge on any atom is 0.244 e.